The molecule has 0 nitrogen and oxygen atoms in total. The summed E-state index contributed by atoms with van der Waals surface area (Å²) in [5.74, 6) is 0.731. The second-order valence-electron chi connectivity index (χ2n) is 3.42. The lowest BCUT2D eigenvalue weighted by Crippen LogP contribution is -2.07. The van der Waals surface area contributed by atoms with Crippen LogP contribution in [0.15, 0.2) is 24.3 Å². The SMILES string of the molecule is ClCC1(c2ccc(Cl)cc2)CC1. The van der Waals surface area contributed by atoms with Crippen molar-refractivity contribution in [3.05, 3.63) is 34.9 Å². The molecule has 2 heteroatoms. The summed E-state index contributed by atoms with van der Waals surface area (Å²) in [6.45, 7) is 0. The van der Waals surface area contributed by atoms with Crippen molar-refractivity contribution < 1.29 is 0 Å². The van der Waals surface area contributed by atoms with Gasteiger partial charge in [-0.05, 0) is 30.5 Å². The Bertz CT molecular complexity index is 272. The van der Waals surface area contributed by atoms with Crippen LogP contribution in [-0.2, 0) is 5.41 Å². The molecule has 2 rings (SSSR count). The van der Waals surface area contributed by atoms with Gasteiger partial charge in [-0.15, -0.1) is 11.6 Å². The lowest BCUT2D eigenvalue weighted by molar-refractivity contribution is 0.797. The Morgan fingerprint density at radius 2 is 1.75 bits per heavy atom. The van der Waals surface area contributed by atoms with Crippen LogP contribution in [0.4, 0.5) is 0 Å². The molecule has 1 aliphatic rings. The molecule has 0 aliphatic heterocycles. The van der Waals surface area contributed by atoms with Gasteiger partial charge in [0.1, 0.15) is 0 Å². The van der Waals surface area contributed by atoms with Gasteiger partial charge in [-0.1, -0.05) is 23.7 Å². The molecule has 0 atom stereocenters. The summed E-state index contributed by atoms with van der Waals surface area (Å²) in [6.07, 6.45) is 2.44. The minimum absolute atomic E-state index is 0.284. The first-order valence-corrected chi connectivity index (χ1v) is 5.00. The van der Waals surface area contributed by atoms with Crippen LogP contribution in [0.5, 0.6) is 0 Å². The largest absolute Gasteiger partial charge is 0.126 e. The highest BCUT2D eigenvalue weighted by Crippen LogP contribution is 2.49. The number of halogens is 2. The van der Waals surface area contributed by atoms with E-state index < -0.39 is 0 Å². The number of hydrogen-bond acceptors (Lipinski definition) is 0. The molecule has 0 spiro atoms. The van der Waals surface area contributed by atoms with Gasteiger partial charge in [0.05, 0.1) is 0 Å². The van der Waals surface area contributed by atoms with E-state index in [4.69, 9.17) is 23.2 Å². The maximum atomic E-state index is 5.90. The van der Waals surface area contributed by atoms with Crippen LogP contribution in [-0.4, -0.2) is 5.88 Å². The van der Waals surface area contributed by atoms with Gasteiger partial charge in [0.2, 0.25) is 0 Å². The standard InChI is InChI=1S/C10H10Cl2/c11-7-10(5-6-10)8-1-3-9(12)4-2-8/h1-4H,5-7H2. The van der Waals surface area contributed by atoms with Crippen LogP contribution in [0.2, 0.25) is 5.02 Å². The van der Waals surface area contributed by atoms with E-state index in [0.717, 1.165) is 10.9 Å². The lowest BCUT2D eigenvalue weighted by Gasteiger charge is -2.10. The molecule has 0 amide bonds. The maximum absolute atomic E-state index is 5.90. The number of benzene rings is 1. The zero-order valence-corrected chi connectivity index (χ0v) is 8.20. The van der Waals surface area contributed by atoms with E-state index in [9.17, 15) is 0 Å². The van der Waals surface area contributed by atoms with Crippen molar-refractivity contribution in [3.63, 3.8) is 0 Å². The molecule has 1 aliphatic carbocycles. The molecule has 0 heterocycles. The quantitative estimate of drug-likeness (QED) is 0.641. The summed E-state index contributed by atoms with van der Waals surface area (Å²) < 4.78 is 0. The molecule has 1 aromatic rings. The first-order valence-electron chi connectivity index (χ1n) is 4.09. The van der Waals surface area contributed by atoms with E-state index >= 15 is 0 Å². The molecule has 0 unspecified atom stereocenters. The van der Waals surface area contributed by atoms with Crippen molar-refractivity contribution in [2.24, 2.45) is 0 Å². The maximum Gasteiger partial charge on any atom is 0.0406 e. The van der Waals surface area contributed by atoms with Crippen molar-refractivity contribution in [2.45, 2.75) is 18.3 Å². The fraction of sp³-hybridized carbons (Fsp3) is 0.400. The Balaban J connectivity index is 2.29. The highest BCUT2D eigenvalue weighted by atomic mass is 35.5. The molecule has 0 saturated heterocycles. The highest BCUT2D eigenvalue weighted by molar-refractivity contribution is 6.30. The second-order valence-corrected chi connectivity index (χ2v) is 4.12. The molecule has 0 N–H and O–H groups in total. The number of rotatable bonds is 2. The minimum Gasteiger partial charge on any atom is -0.126 e. The van der Waals surface area contributed by atoms with Crippen molar-refractivity contribution in [1.82, 2.24) is 0 Å². The fourth-order valence-corrected chi connectivity index (χ4v) is 2.00. The monoisotopic (exact) mass is 200 g/mol. The van der Waals surface area contributed by atoms with Crippen LogP contribution < -0.4 is 0 Å². The Hall–Kier alpha value is -0.200. The van der Waals surface area contributed by atoms with E-state index in [1.807, 2.05) is 12.1 Å². The Kier molecular flexibility index (Phi) is 2.05. The van der Waals surface area contributed by atoms with Crippen molar-refractivity contribution in [1.29, 1.82) is 0 Å². The highest BCUT2D eigenvalue weighted by Gasteiger charge is 2.43. The van der Waals surface area contributed by atoms with Gasteiger partial charge in [-0.2, -0.15) is 0 Å². The van der Waals surface area contributed by atoms with Crippen LogP contribution in [0.3, 0.4) is 0 Å². The lowest BCUT2D eigenvalue weighted by atomic mass is 9.99. The third kappa shape index (κ3) is 1.34. The predicted molar refractivity (Wildman–Crippen MR) is 53.1 cm³/mol. The topological polar surface area (TPSA) is 0 Å². The van der Waals surface area contributed by atoms with Crippen molar-refractivity contribution >= 4 is 23.2 Å². The van der Waals surface area contributed by atoms with Crippen molar-refractivity contribution in [2.75, 3.05) is 5.88 Å². The Morgan fingerprint density at radius 1 is 1.17 bits per heavy atom. The van der Waals surface area contributed by atoms with Crippen LogP contribution >= 0.6 is 23.2 Å². The van der Waals surface area contributed by atoms with E-state index in [2.05, 4.69) is 12.1 Å². The van der Waals surface area contributed by atoms with Gasteiger partial charge in [-0.3, -0.25) is 0 Å². The average molecular weight is 201 g/mol. The third-order valence-electron chi connectivity index (χ3n) is 2.57. The summed E-state index contributed by atoms with van der Waals surface area (Å²) >= 11 is 11.7. The molecule has 0 radical (unpaired) electrons. The van der Waals surface area contributed by atoms with Crippen LogP contribution in [0.1, 0.15) is 18.4 Å². The first kappa shape index (κ1) is 8.40. The molecule has 0 aromatic heterocycles. The van der Waals surface area contributed by atoms with E-state index in [1.54, 1.807) is 0 Å². The number of hydrogen-bond donors (Lipinski definition) is 0. The van der Waals surface area contributed by atoms with Gasteiger partial charge in [-0.25, -0.2) is 0 Å². The Labute approximate surface area is 82.5 Å². The molecular weight excluding hydrogens is 191 g/mol. The summed E-state index contributed by atoms with van der Waals surface area (Å²) in [5, 5.41) is 0.795. The summed E-state index contributed by atoms with van der Waals surface area (Å²) in [7, 11) is 0. The van der Waals surface area contributed by atoms with Gasteiger partial charge < -0.3 is 0 Å². The molecule has 64 valence electrons. The van der Waals surface area contributed by atoms with Crippen LogP contribution in [0, 0.1) is 0 Å². The predicted octanol–water partition coefficient (Wildman–Crippen LogP) is 3.61. The van der Waals surface area contributed by atoms with Gasteiger partial charge in [0.25, 0.3) is 0 Å². The van der Waals surface area contributed by atoms with E-state index in [-0.39, 0.29) is 5.41 Å². The zero-order valence-electron chi connectivity index (χ0n) is 6.69. The normalized spacial score (nSPS) is 19.2. The molecular formula is C10H10Cl2. The Morgan fingerprint density at radius 3 is 2.17 bits per heavy atom. The average Bonchev–Trinajstić information content (AvgIpc) is 2.86. The van der Waals surface area contributed by atoms with Crippen LogP contribution in [0.25, 0.3) is 0 Å². The molecule has 0 bridgehead atoms. The molecule has 1 fully saturated rings. The van der Waals surface area contributed by atoms with E-state index in [1.165, 1.54) is 18.4 Å². The first-order chi connectivity index (χ1) is 5.77. The summed E-state index contributed by atoms with van der Waals surface area (Å²) in [4.78, 5) is 0. The molecule has 1 aromatic carbocycles. The number of alkyl halides is 1. The van der Waals surface area contributed by atoms with Gasteiger partial charge >= 0.3 is 0 Å². The van der Waals surface area contributed by atoms with Gasteiger partial charge in [0.15, 0.2) is 0 Å². The summed E-state index contributed by atoms with van der Waals surface area (Å²) in [5.41, 5.74) is 1.62. The smallest absolute Gasteiger partial charge is 0.0406 e. The third-order valence-corrected chi connectivity index (χ3v) is 3.33. The minimum atomic E-state index is 0.284. The summed E-state index contributed by atoms with van der Waals surface area (Å²) in [6, 6.07) is 8.03. The molecule has 12 heavy (non-hydrogen) atoms. The van der Waals surface area contributed by atoms with E-state index in [0.29, 0.717) is 0 Å². The second kappa shape index (κ2) is 2.93. The zero-order chi connectivity index (χ0) is 8.60. The fourth-order valence-electron chi connectivity index (χ4n) is 1.45. The van der Waals surface area contributed by atoms with Crippen molar-refractivity contribution in [3.8, 4) is 0 Å². The van der Waals surface area contributed by atoms with Gasteiger partial charge in [0, 0.05) is 16.3 Å². The molecule has 1 saturated carbocycles.